The molecule has 0 fully saturated rings. The first-order valence-electron chi connectivity index (χ1n) is 6.01. The lowest BCUT2D eigenvalue weighted by molar-refractivity contribution is -0.120. The third-order valence-corrected chi connectivity index (χ3v) is 2.87. The summed E-state index contributed by atoms with van der Waals surface area (Å²) in [5.41, 5.74) is 5.08. The van der Waals surface area contributed by atoms with Gasteiger partial charge in [0.25, 0.3) is 5.91 Å². The molecule has 0 radical (unpaired) electrons. The molecular weight excluding hydrogens is 256 g/mol. The summed E-state index contributed by atoms with van der Waals surface area (Å²) in [5, 5.41) is 13.2. The Morgan fingerprint density at radius 3 is 3.10 bits per heavy atom. The standard InChI is InChI=1S/C14H14N4O2/c1-9-12(8-16-18-14(19)5-6-15)11-7-10(20-2)3-4-13(11)17-9/h3-4,7-8,17H,5H2,1-2H3,(H,18,19)/b16-8+. The summed E-state index contributed by atoms with van der Waals surface area (Å²) in [5.74, 6) is 0.318. The van der Waals surface area contributed by atoms with Crippen molar-refractivity contribution in [3.05, 3.63) is 29.5 Å². The number of hydrogen-bond acceptors (Lipinski definition) is 4. The highest BCUT2D eigenvalue weighted by Crippen LogP contribution is 2.25. The van der Waals surface area contributed by atoms with E-state index in [2.05, 4.69) is 15.5 Å². The average molecular weight is 270 g/mol. The molecule has 102 valence electrons. The van der Waals surface area contributed by atoms with E-state index in [1.54, 1.807) is 19.4 Å². The maximum Gasteiger partial charge on any atom is 0.254 e. The van der Waals surface area contributed by atoms with Gasteiger partial charge in [-0.3, -0.25) is 4.79 Å². The first-order valence-corrected chi connectivity index (χ1v) is 6.01. The number of methoxy groups -OCH3 is 1. The van der Waals surface area contributed by atoms with Gasteiger partial charge >= 0.3 is 0 Å². The molecule has 0 atom stereocenters. The Morgan fingerprint density at radius 2 is 2.40 bits per heavy atom. The van der Waals surface area contributed by atoms with Crippen LogP contribution in [0.2, 0.25) is 0 Å². The summed E-state index contributed by atoms with van der Waals surface area (Å²) in [6.45, 7) is 1.92. The minimum atomic E-state index is -0.432. The van der Waals surface area contributed by atoms with Gasteiger partial charge in [0, 0.05) is 22.2 Å². The molecule has 20 heavy (non-hydrogen) atoms. The number of carbonyl (C=O) groups is 1. The molecule has 0 saturated carbocycles. The predicted molar refractivity (Wildman–Crippen MR) is 75.6 cm³/mol. The van der Waals surface area contributed by atoms with Gasteiger partial charge in [0.2, 0.25) is 0 Å². The van der Waals surface area contributed by atoms with Gasteiger partial charge < -0.3 is 9.72 Å². The largest absolute Gasteiger partial charge is 0.497 e. The maximum absolute atomic E-state index is 11.1. The van der Waals surface area contributed by atoms with Crippen molar-refractivity contribution in [2.24, 2.45) is 5.10 Å². The summed E-state index contributed by atoms with van der Waals surface area (Å²) >= 11 is 0. The second kappa shape index (κ2) is 5.89. The van der Waals surface area contributed by atoms with Crippen molar-refractivity contribution >= 4 is 23.0 Å². The molecule has 0 aliphatic carbocycles. The van der Waals surface area contributed by atoms with Crippen molar-refractivity contribution in [3.8, 4) is 11.8 Å². The monoisotopic (exact) mass is 270 g/mol. The van der Waals surface area contributed by atoms with Gasteiger partial charge in [-0.05, 0) is 25.1 Å². The summed E-state index contributed by atoms with van der Waals surface area (Å²) < 4.78 is 5.20. The number of carbonyl (C=O) groups excluding carboxylic acids is 1. The Balaban J connectivity index is 2.29. The van der Waals surface area contributed by atoms with Crippen LogP contribution in [-0.4, -0.2) is 24.2 Å². The van der Waals surface area contributed by atoms with Gasteiger partial charge in [-0.25, -0.2) is 5.43 Å². The second-order valence-corrected chi connectivity index (χ2v) is 4.20. The van der Waals surface area contributed by atoms with Gasteiger partial charge in [-0.1, -0.05) is 0 Å². The number of H-pyrrole nitrogens is 1. The third kappa shape index (κ3) is 2.78. The van der Waals surface area contributed by atoms with Gasteiger partial charge in [0.15, 0.2) is 0 Å². The molecule has 1 heterocycles. The molecule has 2 rings (SSSR count). The lowest BCUT2D eigenvalue weighted by atomic mass is 10.1. The molecule has 1 aromatic heterocycles. The maximum atomic E-state index is 11.1. The number of nitriles is 1. The number of aryl methyl sites for hydroxylation is 1. The van der Waals surface area contributed by atoms with Crippen LogP contribution < -0.4 is 10.2 Å². The number of aromatic amines is 1. The Hall–Kier alpha value is -2.81. The van der Waals surface area contributed by atoms with Gasteiger partial charge in [-0.2, -0.15) is 10.4 Å². The van der Waals surface area contributed by atoms with Crippen molar-refractivity contribution < 1.29 is 9.53 Å². The highest BCUT2D eigenvalue weighted by atomic mass is 16.5. The highest BCUT2D eigenvalue weighted by molar-refractivity contribution is 6.01. The zero-order valence-corrected chi connectivity index (χ0v) is 11.2. The van der Waals surface area contributed by atoms with Crippen LogP contribution in [0.3, 0.4) is 0 Å². The van der Waals surface area contributed by atoms with E-state index < -0.39 is 5.91 Å². The van der Waals surface area contributed by atoms with Crippen molar-refractivity contribution in [1.29, 1.82) is 5.26 Å². The molecule has 0 unspecified atom stereocenters. The molecule has 2 aromatic rings. The topological polar surface area (TPSA) is 90.3 Å². The van der Waals surface area contributed by atoms with E-state index in [9.17, 15) is 4.79 Å². The normalized spacial score (nSPS) is 10.7. The van der Waals surface area contributed by atoms with Crippen molar-refractivity contribution in [1.82, 2.24) is 10.4 Å². The summed E-state index contributed by atoms with van der Waals surface area (Å²) in [6, 6.07) is 7.45. The molecule has 1 aromatic carbocycles. The molecule has 0 aliphatic heterocycles. The quantitative estimate of drug-likeness (QED) is 0.656. The van der Waals surface area contributed by atoms with E-state index in [0.717, 1.165) is 27.9 Å². The fraction of sp³-hybridized carbons (Fsp3) is 0.214. The van der Waals surface area contributed by atoms with Gasteiger partial charge in [0.1, 0.15) is 12.2 Å². The Labute approximate surface area is 116 Å². The van der Waals surface area contributed by atoms with Gasteiger partial charge in [-0.15, -0.1) is 0 Å². The minimum absolute atomic E-state index is 0.210. The van der Waals surface area contributed by atoms with E-state index in [1.807, 2.05) is 25.1 Å². The van der Waals surface area contributed by atoms with E-state index in [1.165, 1.54) is 0 Å². The lowest BCUT2D eigenvalue weighted by Gasteiger charge is -1.99. The zero-order chi connectivity index (χ0) is 14.5. The molecule has 0 aliphatic rings. The number of rotatable bonds is 4. The molecule has 6 heteroatoms. The minimum Gasteiger partial charge on any atom is -0.497 e. The van der Waals surface area contributed by atoms with Crippen molar-refractivity contribution in [3.63, 3.8) is 0 Å². The van der Waals surface area contributed by atoms with Crippen LogP contribution >= 0.6 is 0 Å². The Kier molecular flexibility index (Phi) is 4.01. The number of aromatic nitrogens is 1. The molecule has 2 N–H and O–H groups in total. The van der Waals surface area contributed by atoms with Crippen molar-refractivity contribution in [2.75, 3.05) is 7.11 Å². The smallest absolute Gasteiger partial charge is 0.254 e. The number of nitrogens with one attached hydrogen (secondary N) is 2. The summed E-state index contributed by atoms with van der Waals surface area (Å²) in [7, 11) is 1.61. The number of amides is 1. The van der Waals surface area contributed by atoms with Crippen LogP contribution in [0.4, 0.5) is 0 Å². The first-order chi connectivity index (χ1) is 9.65. The molecule has 0 saturated heterocycles. The summed E-state index contributed by atoms with van der Waals surface area (Å²) in [4.78, 5) is 14.4. The number of hydrazone groups is 1. The molecular formula is C14H14N4O2. The third-order valence-electron chi connectivity index (χ3n) is 2.87. The van der Waals surface area contributed by atoms with Gasteiger partial charge in [0.05, 0.1) is 19.4 Å². The van der Waals surface area contributed by atoms with E-state index in [4.69, 9.17) is 10.00 Å². The first kappa shape index (κ1) is 13.6. The van der Waals surface area contributed by atoms with Crippen LogP contribution in [0.1, 0.15) is 17.7 Å². The van der Waals surface area contributed by atoms with Crippen LogP contribution in [0.15, 0.2) is 23.3 Å². The fourth-order valence-corrected chi connectivity index (χ4v) is 1.90. The van der Waals surface area contributed by atoms with E-state index in [-0.39, 0.29) is 6.42 Å². The van der Waals surface area contributed by atoms with Crippen LogP contribution in [0.5, 0.6) is 5.75 Å². The second-order valence-electron chi connectivity index (χ2n) is 4.20. The number of fused-ring (bicyclic) bond motifs is 1. The predicted octanol–water partition coefficient (Wildman–Crippen LogP) is 1.85. The Bertz CT molecular complexity index is 710. The van der Waals surface area contributed by atoms with E-state index >= 15 is 0 Å². The molecule has 1 amide bonds. The molecule has 6 nitrogen and oxygen atoms in total. The number of ether oxygens (including phenoxy) is 1. The molecule has 0 spiro atoms. The summed E-state index contributed by atoms with van der Waals surface area (Å²) in [6.07, 6.45) is 1.35. The number of hydrogen-bond donors (Lipinski definition) is 2. The zero-order valence-electron chi connectivity index (χ0n) is 11.2. The molecule has 0 bridgehead atoms. The van der Waals surface area contributed by atoms with Crippen LogP contribution in [0, 0.1) is 18.3 Å². The van der Waals surface area contributed by atoms with Crippen LogP contribution in [0.25, 0.3) is 10.9 Å². The fourth-order valence-electron chi connectivity index (χ4n) is 1.90. The number of nitrogens with zero attached hydrogens (tertiary/aromatic N) is 2. The van der Waals surface area contributed by atoms with Crippen molar-refractivity contribution in [2.45, 2.75) is 13.3 Å². The Morgan fingerprint density at radius 1 is 1.60 bits per heavy atom. The van der Waals surface area contributed by atoms with Crippen LogP contribution in [-0.2, 0) is 4.79 Å². The SMILES string of the molecule is COc1ccc2[nH]c(C)c(/C=N/NC(=O)CC#N)c2c1. The number of benzene rings is 1. The average Bonchev–Trinajstić information content (AvgIpc) is 2.74. The highest BCUT2D eigenvalue weighted by Gasteiger charge is 2.07. The lowest BCUT2D eigenvalue weighted by Crippen LogP contribution is -2.16. The van der Waals surface area contributed by atoms with E-state index in [0.29, 0.717) is 0 Å².